The predicted molar refractivity (Wildman–Crippen MR) is 505 cm³/mol. The number of carbonyl (C=O) groups is 3. The van der Waals surface area contributed by atoms with Gasteiger partial charge in [-0.1, -0.05) is 84.4 Å². The first-order chi connectivity index (χ1) is 69.7. The molecule has 47 heteroatoms. The van der Waals surface area contributed by atoms with Crippen molar-refractivity contribution in [2.75, 3.05) is 33.0 Å². The number of hydrogen-bond donors (Lipinski definition) is 24. The summed E-state index contributed by atoms with van der Waals surface area (Å²) >= 11 is 0. The molecule has 0 radical (unpaired) electrons. The Bertz CT molecular complexity index is 4600. The van der Waals surface area contributed by atoms with Crippen molar-refractivity contribution in [1.82, 2.24) is 0 Å². The van der Waals surface area contributed by atoms with E-state index < -0.39 is 377 Å². The van der Waals surface area contributed by atoms with E-state index in [0.717, 1.165) is 5.57 Å². The van der Waals surface area contributed by atoms with Crippen LogP contribution in [0.3, 0.4) is 0 Å². The topological polar surface area (TPSA) is 721 Å². The first kappa shape index (κ1) is 120. The summed E-state index contributed by atoms with van der Waals surface area (Å²) in [4.78, 5) is 45.3. The number of esters is 3. The minimum absolute atomic E-state index is 0.0486. The van der Waals surface area contributed by atoms with Crippen LogP contribution >= 0.6 is 0 Å². The molecule has 47 nitrogen and oxygen atoms in total. The number of aliphatic hydroxyl groups excluding tert-OH is 24. The third-order valence-electron chi connectivity index (χ3n) is 35.6. The number of carbonyl (C=O) groups excluding carboxylic acids is 3. The lowest BCUT2D eigenvalue weighted by Gasteiger charge is -2.71. The number of allylic oxidation sites excluding steroid dienone is 4. The first-order valence-corrected chi connectivity index (χ1v) is 52.0. The van der Waals surface area contributed by atoms with E-state index in [4.69, 9.17) is 94.7 Å². The Balaban J connectivity index is 0.703. The second-order valence-corrected chi connectivity index (χ2v) is 46.1. The van der Waals surface area contributed by atoms with Crippen molar-refractivity contribution in [3.8, 4) is 0 Å². The van der Waals surface area contributed by atoms with Crippen LogP contribution in [0.1, 0.15) is 187 Å². The summed E-state index contributed by atoms with van der Waals surface area (Å²) in [5, 5.41) is 266. The molecule has 5 aliphatic carbocycles. The van der Waals surface area contributed by atoms with Gasteiger partial charge >= 0.3 is 17.9 Å². The molecule has 9 aliphatic heterocycles. The maximum atomic E-state index is 16.7. The fourth-order valence-corrected chi connectivity index (χ4v) is 25.4. The third-order valence-corrected chi connectivity index (χ3v) is 35.6. The monoisotopic (exact) mass is 2140 g/mol. The number of hydrogen-bond acceptors (Lipinski definition) is 47. The molecule has 0 amide bonds. The van der Waals surface area contributed by atoms with Gasteiger partial charge in [0.15, 0.2) is 62.5 Å². The van der Waals surface area contributed by atoms with Gasteiger partial charge in [0.1, 0.15) is 177 Å². The highest BCUT2D eigenvalue weighted by Gasteiger charge is 2.73. The van der Waals surface area contributed by atoms with Crippen molar-refractivity contribution < 1.29 is 232 Å². The van der Waals surface area contributed by atoms with Crippen molar-refractivity contribution in [3.63, 3.8) is 0 Å². The number of rotatable bonds is 33. The van der Waals surface area contributed by atoms with Crippen LogP contribution in [0, 0.1) is 50.2 Å². The van der Waals surface area contributed by atoms with Gasteiger partial charge < -0.3 is 217 Å². The van der Waals surface area contributed by atoms with Crippen molar-refractivity contribution in [2.45, 2.75) is 475 Å². The molecule has 0 bridgehead atoms. The molecule has 54 atom stereocenters. The molecule has 0 aromatic carbocycles. The van der Waals surface area contributed by atoms with Gasteiger partial charge in [-0.15, -0.1) is 13.2 Å². The molecule has 0 aromatic rings. The summed E-state index contributed by atoms with van der Waals surface area (Å²) in [6.07, 6.45) is -62.5. The summed E-state index contributed by atoms with van der Waals surface area (Å²) in [6, 6.07) is 0. The van der Waals surface area contributed by atoms with Crippen molar-refractivity contribution >= 4 is 17.9 Å². The molecule has 14 rings (SSSR count). The summed E-state index contributed by atoms with van der Waals surface area (Å²) in [6.45, 7) is 31.2. The maximum absolute atomic E-state index is 16.7. The Morgan fingerprint density at radius 2 is 0.832 bits per heavy atom. The standard InChI is InChI=1S/C102H162O47/c1-18-97(13,148-89-75(124)65(114)58(107)43(5)133-89)29-21-23-42(4)84(128)142-78-45(7)136-90(77(126)71(78)120)149-98(14,19-2)28-20-22-41(3)83(127)140-57-35-102(94(129)147-93-82(68(117)63(112)52(37-104)138-93)145-87-76(125)70(119)79(46(8)135-87)143-85-72(121)60(109)49(105)38-130-85)33-32-100(16)47(48(102)34-95(57,9)10)24-25-55-99(15)30-27-56(96(11,12)54(99)26-31-101(55,100)17)141-92-81(146-88-74(123)66(115)62(111)51(36-103)137-88)69(118)64(113)53(139-92)40-132-91-80(67(116)59(108)44(6)134-91)144-86-73(122)61(110)50(106)39-131-86/h18-19,22-24,43-46,48-82,85-93,103-126H,1-2,20-21,25-40H2,3-17H3/b41-22+,42-23+/t43-,44-,45-,46+,48+,49-,50-,51-,52-,53-,54+,55-,56+,57+,58-,59+,60+,61+,62-,63-,64-,65+,66+,67+,68+,69+,70+,71-,72-,73-,74-,75-,76-,77-,78-,79+,80-,81-,82-,85+,86+,87+,88+,89+,90+,91-,92+,93+,97-,98-,99+,100-,101-,102-/m1/s1. The number of ether oxygens (including phenoxy) is 20. The Labute approximate surface area is 864 Å². The lowest BCUT2D eigenvalue weighted by Crippen LogP contribution is -2.68. The highest BCUT2D eigenvalue weighted by Crippen LogP contribution is 2.77. The molecule has 0 unspecified atom stereocenters. The van der Waals surface area contributed by atoms with E-state index in [0.29, 0.717) is 38.5 Å². The van der Waals surface area contributed by atoms with Crippen LogP contribution in [0.5, 0.6) is 0 Å². The molecule has 4 saturated carbocycles. The van der Waals surface area contributed by atoms with Gasteiger partial charge in [0.25, 0.3) is 0 Å². The van der Waals surface area contributed by atoms with Crippen molar-refractivity contribution in [2.24, 2.45) is 50.2 Å². The summed E-state index contributed by atoms with van der Waals surface area (Å²) in [5.74, 6) is -3.60. The van der Waals surface area contributed by atoms with Crippen molar-refractivity contribution in [1.29, 1.82) is 0 Å². The second-order valence-electron chi connectivity index (χ2n) is 46.1. The van der Waals surface area contributed by atoms with Crippen molar-refractivity contribution in [3.05, 3.63) is 60.3 Å². The summed E-state index contributed by atoms with van der Waals surface area (Å²) in [5.41, 5.74) is -6.67. The zero-order valence-electron chi connectivity index (χ0n) is 86.9. The average Bonchev–Trinajstić information content (AvgIpc) is 0.670. The van der Waals surface area contributed by atoms with Gasteiger partial charge in [-0.25, -0.2) is 9.59 Å². The van der Waals surface area contributed by atoms with Gasteiger partial charge in [0.2, 0.25) is 6.29 Å². The normalized spacial score (nSPS) is 49.5. The molecule has 852 valence electrons. The lowest BCUT2D eigenvalue weighted by molar-refractivity contribution is -0.385. The van der Waals surface area contributed by atoms with Crippen LogP contribution in [0.2, 0.25) is 0 Å². The van der Waals surface area contributed by atoms with E-state index in [1.807, 2.05) is 27.7 Å². The van der Waals surface area contributed by atoms with E-state index in [-0.39, 0.29) is 67.9 Å². The van der Waals surface area contributed by atoms with Crippen LogP contribution in [-0.2, 0) is 109 Å². The third kappa shape index (κ3) is 23.5. The largest absolute Gasteiger partial charge is 0.458 e. The molecule has 24 N–H and O–H groups in total. The van der Waals surface area contributed by atoms with E-state index in [9.17, 15) is 127 Å². The molecule has 0 spiro atoms. The van der Waals surface area contributed by atoms with Crippen LogP contribution in [0.25, 0.3) is 0 Å². The van der Waals surface area contributed by atoms with Crippen LogP contribution in [0.15, 0.2) is 60.3 Å². The zero-order chi connectivity index (χ0) is 110. The maximum Gasteiger partial charge on any atom is 0.333 e. The number of fused-ring (bicyclic) bond motifs is 7. The first-order valence-electron chi connectivity index (χ1n) is 52.0. The second kappa shape index (κ2) is 47.2. The molecule has 9 heterocycles. The van der Waals surface area contributed by atoms with Crippen LogP contribution in [-0.4, -0.2) is 461 Å². The van der Waals surface area contributed by atoms with Gasteiger partial charge in [0.05, 0.1) is 80.2 Å². The highest BCUT2D eigenvalue weighted by atomic mass is 16.8. The lowest BCUT2D eigenvalue weighted by atomic mass is 9.33. The van der Waals surface area contributed by atoms with E-state index >= 15 is 9.59 Å². The SMILES string of the molecule is C=C[C@](C)(CC/C=C(\C)C(=O)O[C@H]1[C@H](O)[C@@H](O)[C@H](O[C@](C)(C=C)CC/C=C(\C)C(=O)O[C@H]2C[C@]3(C(=O)O[C@@H]4O[C@H](CO)[C@@H](O)[C@H](O)[C@H]4O[C@@H]4O[C@@H](C)[C@H](O[C@@H]5OC[C@@H](O)[C@H](O)[C@H]5O)[C@@H](O)[C@H]4O)CC[C@]4(C)C(=CC[C@@H]5[C@@]6(C)CC[C@H](O[C@@H]7O[C@H](CO[C@@H]8O[C@H](C)[C@H](O)[C@H](O)[C@H]8O[C@@H]8OC[C@@H](O)[C@H](O)[C@H]8O)[C@@H](O)[C@H](O)[C@H]7O[C@@H]7O[C@H](CO)[C@@H](O)[C@H](O)[C@H]7O)C(C)(C)[C@@H]6CC[C@]54C)[C@@H]3CC2(C)C)O[C@@H]1C)O[C@@H]1O[C@H](C)[C@@H](O)[C@H](O)[C@H]1O. The zero-order valence-corrected chi connectivity index (χ0v) is 86.9. The summed E-state index contributed by atoms with van der Waals surface area (Å²) in [7, 11) is 0. The van der Waals surface area contributed by atoms with E-state index in [1.165, 1.54) is 53.7 Å². The Hall–Kier alpha value is -4.53. The van der Waals surface area contributed by atoms with Crippen LogP contribution < -0.4 is 0 Å². The Kier molecular flexibility index (Phi) is 38.0. The molecular weight excluding hydrogens is 1980 g/mol. The fraction of sp³-hybridized carbons (Fsp3) is 0.873. The minimum Gasteiger partial charge on any atom is -0.458 e. The molecule has 9 saturated heterocycles. The average molecular weight is 2140 g/mol. The highest BCUT2D eigenvalue weighted by molar-refractivity contribution is 5.88. The smallest absolute Gasteiger partial charge is 0.333 e. The molecule has 13 fully saturated rings. The molecular formula is C102H162O47. The molecule has 149 heavy (non-hydrogen) atoms. The fourth-order valence-electron chi connectivity index (χ4n) is 25.4. The van der Waals surface area contributed by atoms with Gasteiger partial charge in [-0.2, -0.15) is 0 Å². The molecule has 14 aliphatic rings. The number of aliphatic hydroxyl groups is 24. The van der Waals surface area contributed by atoms with Gasteiger partial charge in [0, 0.05) is 23.0 Å². The predicted octanol–water partition coefficient (Wildman–Crippen LogP) is -4.13. The quantitative estimate of drug-likeness (QED) is 0.00976. The van der Waals surface area contributed by atoms with E-state index in [2.05, 4.69) is 40.0 Å². The van der Waals surface area contributed by atoms with Crippen LogP contribution in [0.4, 0.5) is 0 Å². The van der Waals surface area contributed by atoms with Gasteiger partial charge in [-0.3, -0.25) is 4.79 Å². The van der Waals surface area contributed by atoms with E-state index in [1.54, 1.807) is 26.0 Å². The summed E-state index contributed by atoms with van der Waals surface area (Å²) < 4.78 is 122. The van der Waals surface area contributed by atoms with Gasteiger partial charge in [-0.05, 0) is 172 Å². The molecule has 0 aromatic heterocycles. The Morgan fingerprint density at radius 3 is 1.40 bits per heavy atom. The minimum atomic E-state index is -2.09. The Morgan fingerprint density at radius 1 is 0.409 bits per heavy atom.